The molecule has 2 heterocycles. The molecule has 2 aromatic heterocycles. The van der Waals surface area contributed by atoms with E-state index in [1.54, 1.807) is 0 Å². The molecular weight excluding hydrogens is 498 g/mol. The van der Waals surface area contributed by atoms with Crippen LogP contribution in [0.3, 0.4) is 0 Å². The van der Waals surface area contributed by atoms with E-state index in [1.807, 2.05) is 6.07 Å². The number of hydrogen-bond acceptors (Lipinski definition) is 1. The zero-order chi connectivity index (χ0) is 27.3. The van der Waals surface area contributed by atoms with Gasteiger partial charge >= 0.3 is 0 Å². The molecule has 0 atom stereocenters. The second kappa shape index (κ2) is 7.99. The van der Waals surface area contributed by atoms with Crippen LogP contribution in [0, 0.1) is 0 Å². The van der Waals surface area contributed by atoms with Crippen LogP contribution in [-0.4, -0.2) is 4.57 Å². The highest BCUT2D eigenvalue weighted by Gasteiger charge is 2.38. The van der Waals surface area contributed by atoms with Crippen LogP contribution < -0.4 is 0 Å². The van der Waals surface area contributed by atoms with E-state index in [0.29, 0.717) is 0 Å². The number of furan rings is 1. The van der Waals surface area contributed by atoms with Crippen molar-refractivity contribution in [1.29, 1.82) is 0 Å². The molecule has 2 heteroatoms. The van der Waals surface area contributed by atoms with Crippen LogP contribution in [0.2, 0.25) is 0 Å². The highest BCUT2D eigenvalue weighted by molar-refractivity contribution is 6.12. The summed E-state index contributed by atoms with van der Waals surface area (Å²) in [5, 5.41) is 4.99. The lowest BCUT2D eigenvalue weighted by molar-refractivity contribution is 0.657. The van der Waals surface area contributed by atoms with Gasteiger partial charge in [-0.1, -0.05) is 98.8 Å². The second-order valence-electron chi connectivity index (χ2n) is 11.8. The molecule has 0 spiro atoms. The molecule has 0 N–H and O–H groups in total. The Kier molecular flexibility index (Phi) is 4.42. The standard InChI is InChI=1S/C39H27NO/c1-39(2)32-22-24(16-18-27(32)30-20-21-36-37(38(30)39)31-13-7-9-15-35(31)41-36)25-17-19-29-28-12-6-8-14-33(28)40(34(29)23-25)26-10-4-3-5-11-26/h3-23H,1-2H3. The third kappa shape index (κ3) is 3.02. The van der Waals surface area contributed by atoms with Crippen molar-refractivity contribution in [3.63, 3.8) is 0 Å². The highest BCUT2D eigenvalue weighted by Crippen LogP contribution is 2.53. The van der Waals surface area contributed by atoms with E-state index in [-0.39, 0.29) is 5.41 Å². The van der Waals surface area contributed by atoms with Gasteiger partial charge in [0.05, 0.1) is 11.0 Å². The molecule has 0 unspecified atom stereocenters. The maximum atomic E-state index is 6.27. The van der Waals surface area contributed by atoms with E-state index in [2.05, 4.69) is 140 Å². The first-order valence-corrected chi connectivity index (χ1v) is 14.3. The van der Waals surface area contributed by atoms with Crippen molar-refractivity contribution in [3.05, 3.63) is 139 Å². The van der Waals surface area contributed by atoms with E-state index < -0.39 is 0 Å². The molecule has 0 bridgehead atoms. The molecule has 1 aliphatic carbocycles. The van der Waals surface area contributed by atoms with Crippen molar-refractivity contribution < 1.29 is 4.42 Å². The van der Waals surface area contributed by atoms with Crippen LogP contribution in [0.4, 0.5) is 0 Å². The third-order valence-electron chi connectivity index (χ3n) is 9.17. The molecule has 0 saturated heterocycles. The van der Waals surface area contributed by atoms with Crippen LogP contribution in [0.25, 0.3) is 71.7 Å². The monoisotopic (exact) mass is 525 g/mol. The van der Waals surface area contributed by atoms with Crippen LogP contribution in [-0.2, 0) is 5.41 Å². The largest absolute Gasteiger partial charge is 0.456 e. The van der Waals surface area contributed by atoms with Gasteiger partial charge in [-0.15, -0.1) is 0 Å². The first-order valence-electron chi connectivity index (χ1n) is 14.3. The number of aromatic nitrogens is 1. The predicted molar refractivity (Wildman–Crippen MR) is 171 cm³/mol. The van der Waals surface area contributed by atoms with Gasteiger partial charge in [0.15, 0.2) is 0 Å². The van der Waals surface area contributed by atoms with Crippen LogP contribution in [0.5, 0.6) is 0 Å². The Balaban J connectivity index is 1.25. The average Bonchev–Trinajstić information content (AvgIpc) is 3.63. The summed E-state index contributed by atoms with van der Waals surface area (Å²) in [6, 6.07) is 46.1. The van der Waals surface area contributed by atoms with Crippen molar-refractivity contribution >= 4 is 43.7 Å². The van der Waals surface area contributed by atoms with Crippen LogP contribution in [0.1, 0.15) is 25.0 Å². The minimum absolute atomic E-state index is 0.157. The Bertz CT molecular complexity index is 2330. The van der Waals surface area contributed by atoms with Gasteiger partial charge < -0.3 is 8.98 Å². The van der Waals surface area contributed by atoms with E-state index in [0.717, 1.165) is 11.2 Å². The summed E-state index contributed by atoms with van der Waals surface area (Å²) in [5.74, 6) is 0. The summed E-state index contributed by atoms with van der Waals surface area (Å²) >= 11 is 0. The number of rotatable bonds is 2. The van der Waals surface area contributed by atoms with E-state index in [1.165, 1.54) is 71.6 Å². The fourth-order valence-electron chi connectivity index (χ4n) is 7.31. The summed E-state index contributed by atoms with van der Waals surface area (Å²) in [7, 11) is 0. The van der Waals surface area contributed by atoms with Gasteiger partial charge in [0.25, 0.3) is 0 Å². The van der Waals surface area contributed by atoms with Crippen molar-refractivity contribution in [2.75, 3.05) is 0 Å². The molecule has 0 fully saturated rings. The molecule has 2 nitrogen and oxygen atoms in total. The van der Waals surface area contributed by atoms with E-state index >= 15 is 0 Å². The Morgan fingerprint density at radius 1 is 0.537 bits per heavy atom. The van der Waals surface area contributed by atoms with Crippen LogP contribution >= 0.6 is 0 Å². The minimum Gasteiger partial charge on any atom is -0.456 e. The minimum atomic E-state index is -0.157. The molecule has 0 radical (unpaired) electrons. The Morgan fingerprint density at radius 2 is 1.22 bits per heavy atom. The average molecular weight is 526 g/mol. The van der Waals surface area contributed by atoms with Gasteiger partial charge in [-0.05, 0) is 75.8 Å². The Morgan fingerprint density at radius 3 is 2.10 bits per heavy atom. The van der Waals surface area contributed by atoms with Gasteiger partial charge in [-0.3, -0.25) is 0 Å². The van der Waals surface area contributed by atoms with Gasteiger partial charge in [0.1, 0.15) is 11.2 Å². The normalized spacial score (nSPS) is 13.8. The lowest BCUT2D eigenvalue weighted by Gasteiger charge is -2.23. The van der Waals surface area contributed by atoms with Crippen molar-refractivity contribution in [2.24, 2.45) is 0 Å². The summed E-state index contributed by atoms with van der Waals surface area (Å²) in [4.78, 5) is 0. The first-order chi connectivity index (χ1) is 20.1. The third-order valence-corrected chi connectivity index (χ3v) is 9.17. The number of hydrogen-bond donors (Lipinski definition) is 0. The smallest absolute Gasteiger partial charge is 0.135 e. The number of para-hydroxylation sites is 3. The molecule has 6 aromatic carbocycles. The molecule has 0 amide bonds. The van der Waals surface area contributed by atoms with Gasteiger partial charge in [-0.25, -0.2) is 0 Å². The van der Waals surface area contributed by atoms with Gasteiger partial charge in [0.2, 0.25) is 0 Å². The van der Waals surface area contributed by atoms with Crippen LogP contribution in [0.15, 0.2) is 132 Å². The maximum Gasteiger partial charge on any atom is 0.135 e. The lowest BCUT2D eigenvalue weighted by Crippen LogP contribution is -2.15. The second-order valence-corrected chi connectivity index (χ2v) is 11.8. The Labute approximate surface area is 238 Å². The number of benzene rings is 6. The van der Waals surface area contributed by atoms with Gasteiger partial charge in [-0.2, -0.15) is 0 Å². The molecular formula is C39H27NO. The fraction of sp³-hybridized carbons (Fsp3) is 0.0769. The predicted octanol–water partition coefficient (Wildman–Crippen LogP) is 10.7. The molecule has 1 aliphatic rings. The SMILES string of the molecule is CC1(C)c2cc(-c3ccc4c5ccccc5n(-c5ccccc5)c4c3)ccc2-c2ccc3oc4ccccc4c3c21. The summed E-state index contributed by atoms with van der Waals surface area (Å²) in [5.41, 5.74) is 13.2. The van der Waals surface area contributed by atoms with E-state index in [9.17, 15) is 0 Å². The van der Waals surface area contributed by atoms with Crippen molar-refractivity contribution in [1.82, 2.24) is 4.57 Å². The Hall–Kier alpha value is -5.08. The molecule has 194 valence electrons. The van der Waals surface area contributed by atoms with Crippen molar-refractivity contribution in [2.45, 2.75) is 19.3 Å². The number of fused-ring (bicyclic) bond motifs is 10. The molecule has 0 aliphatic heterocycles. The highest BCUT2D eigenvalue weighted by atomic mass is 16.3. The van der Waals surface area contributed by atoms with Crippen molar-refractivity contribution in [3.8, 4) is 27.9 Å². The van der Waals surface area contributed by atoms with E-state index in [4.69, 9.17) is 4.42 Å². The quantitative estimate of drug-likeness (QED) is 0.219. The summed E-state index contributed by atoms with van der Waals surface area (Å²) < 4.78 is 8.67. The topological polar surface area (TPSA) is 18.1 Å². The molecule has 41 heavy (non-hydrogen) atoms. The zero-order valence-corrected chi connectivity index (χ0v) is 23.0. The fourth-order valence-corrected chi connectivity index (χ4v) is 7.31. The first kappa shape index (κ1) is 22.7. The number of nitrogens with zero attached hydrogens (tertiary/aromatic N) is 1. The molecule has 8 aromatic rings. The zero-order valence-electron chi connectivity index (χ0n) is 23.0. The summed E-state index contributed by atoms with van der Waals surface area (Å²) in [6.07, 6.45) is 0. The maximum absolute atomic E-state index is 6.27. The summed E-state index contributed by atoms with van der Waals surface area (Å²) in [6.45, 7) is 4.72. The molecule has 0 saturated carbocycles. The van der Waals surface area contributed by atoms with Gasteiger partial charge in [0, 0.05) is 32.6 Å². The molecule has 9 rings (SSSR count). The lowest BCUT2D eigenvalue weighted by atomic mass is 9.80.